The Balaban J connectivity index is 1.93. The molecule has 2 heterocycles. The number of nitrogens with zero attached hydrogens (tertiary/aromatic N) is 3. The molecule has 0 aliphatic carbocycles. The Morgan fingerprint density at radius 1 is 1.62 bits per heavy atom. The fourth-order valence-electron chi connectivity index (χ4n) is 2.52. The van der Waals surface area contributed by atoms with E-state index in [-0.39, 0.29) is 6.10 Å². The molecule has 2 rings (SSSR count). The molecule has 1 N–H and O–H groups in total. The number of rotatable bonds is 4. The number of likely N-dealkylation sites (tertiary alicyclic amines) is 1. The van der Waals surface area contributed by atoms with Gasteiger partial charge in [-0.1, -0.05) is 0 Å². The maximum atomic E-state index is 9.45. The molecule has 1 saturated heterocycles. The molecule has 0 aromatic carbocycles. The summed E-state index contributed by atoms with van der Waals surface area (Å²) in [6.45, 7) is 3.92. The van der Waals surface area contributed by atoms with Gasteiger partial charge >= 0.3 is 0 Å². The summed E-state index contributed by atoms with van der Waals surface area (Å²) in [5.74, 6) is 0. The van der Waals surface area contributed by atoms with Crippen LogP contribution in [0.3, 0.4) is 0 Å². The molecule has 2 atom stereocenters. The van der Waals surface area contributed by atoms with Gasteiger partial charge in [-0.2, -0.15) is 5.10 Å². The van der Waals surface area contributed by atoms with E-state index in [0.29, 0.717) is 6.04 Å². The smallest absolute Gasteiger partial charge is 0.0764 e. The molecule has 1 aromatic heterocycles. The van der Waals surface area contributed by atoms with Crippen LogP contribution in [0.5, 0.6) is 0 Å². The van der Waals surface area contributed by atoms with Crippen LogP contribution < -0.4 is 0 Å². The lowest BCUT2D eigenvalue weighted by Crippen LogP contribution is -2.31. The highest BCUT2D eigenvalue weighted by atomic mass is 16.3. The van der Waals surface area contributed by atoms with Gasteiger partial charge in [0.2, 0.25) is 0 Å². The summed E-state index contributed by atoms with van der Waals surface area (Å²) in [6.07, 6.45) is 5.11. The van der Waals surface area contributed by atoms with Crippen molar-refractivity contribution >= 4 is 0 Å². The van der Waals surface area contributed by atoms with Crippen LogP contribution >= 0.6 is 0 Å². The number of aliphatic hydroxyl groups excluding tert-OH is 1. The van der Waals surface area contributed by atoms with Gasteiger partial charge in [0, 0.05) is 25.8 Å². The fraction of sp³-hybridized carbons (Fsp3) is 0.750. The average Bonchev–Trinajstić information content (AvgIpc) is 2.77. The number of aryl methyl sites for hydroxylation is 1. The van der Waals surface area contributed by atoms with Crippen molar-refractivity contribution < 1.29 is 5.11 Å². The van der Waals surface area contributed by atoms with Crippen molar-refractivity contribution in [1.82, 2.24) is 14.7 Å². The van der Waals surface area contributed by atoms with E-state index in [9.17, 15) is 5.11 Å². The molecule has 4 heteroatoms. The van der Waals surface area contributed by atoms with Gasteiger partial charge in [-0.15, -0.1) is 0 Å². The Morgan fingerprint density at radius 2 is 2.44 bits per heavy atom. The molecule has 1 aliphatic heterocycles. The number of hydrogen-bond acceptors (Lipinski definition) is 3. The minimum absolute atomic E-state index is 0.200. The zero-order chi connectivity index (χ0) is 11.5. The van der Waals surface area contributed by atoms with Gasteiger partial charge in [-0.3, -0.25) is 9.58 Å². The molecule has 0 bridgehead atoms. The molecule has 90 valence electrons. The van der Waals surface area contributed by atoms with Crippen LogP contribution in [0.4, 0.5) is 0 Å². The first-order chi connectivity index (χ1) is 7.65. The van der Waals surface area contributed by atoms with Crippen molar-refractivity contribution in [3.8, 4) is 0 Å². The standard InChI is InChI=1S/C12H21N3O/c1-10(16)8-12-4-3-6-15(12)9-11-5-7-14(2)13-11/h5,7,10,12,16H,3-4,6,8-9H2,1-2H3. The van der Waals surface area contributed by atoms with Gasteiger partial charge in [0.15, 0.2) is 0 Å². The minimum Gasteiger partial charge on any atom is -0.393 e. The van der Waals surface area contributed by atoms with E-state index in [1.54, 1.807) is 0 Å². The van der Waals surface area contributed by atoms with Crippen molar-refractivity contribution in [2.45, 2.75) is 44.9 Å². The third kappa shape index (κ3) is 2.83. The van der Waals surface area contributed by atoms with Crippen LogP contribution in [-0.4, -0.2) is 38.5 Å². The third-order valence-corrected chi connectivity index (χ3v) is 3.25. The lowest BCUT2D eigenvalue weighted by molar-refractivity contribution is 0.130. The summed E-state index contributed by atoms with van der Waals surface area (Å²) in [5.41, 5.74) is 1.12. The predicted molar refractivity (Wildman–Crippen MR) is 62.9 cm³/mol. The summed E-state index contributed by atoms with van der Waals surface area (Å²) in [5, 5.41) is 13.9. The maximum absolute atomic E-state index is 9.45. The van der Waals surface area contributed by atoms with Crippen molar-refractivity contribution in [2.75, 3.05) is 6.54 Å². The summed E-state index contributed by atoms with van der Waals surface area (Å²) in [4.78, 5) is 2.44. The largest absolute Gasteiger partial charge is 0.393 e. The highest BCUT2D eigenvalue weighted by molar-refractivity contribution is 4.99. The average molecular weight is 223 g/mol. The topological polar surface area (TPSA) is 41.3 Å². The molecule has 1 aliphatic rings. The lowest BCUT2D eigenvalue weighted by Gasteiger charge is -2.24. The van der Waals surface area contributed by atoms with Crippen molar-refractivity contribution in [2.24, 2.45) is 7.05 Å². The second kappa shape index (κ2) is 4.97. The minimum atomic E-state index is -0.200. The summed E-state index contributed by atoms with van der Waals surface area (Å²) < 4.78 is 1.84. The van der Waals surface area contributed by atoms with Crippen LogP contribution in [0.25, 0.3) is 0 Å². The van der Waals surface area contributed by atoms with Gasteiger partial charge in [0.1, 0.15) is 0 Å². The first kappa shape index (κ1) is 11.6. The quantitative estimate of drug-likeness (QED) is 0.832. The first-order valence-electron chi connectivity index (χ1n) is 6.06. The summed E-state index contributed by atoms with van der Waals surface area (Å²) in [6, 6.07) is 2.60. The normalized spacial score (nSPS) is 23.8. The number of aliphatic hydroxyl groups is 1. The van der Waals surface area contributed by atoms with E-state index in [0.717, 1.165) is 25.2 Å². The Labute approximate surface area is 96.9 Å². The van der Waals surface area contributed by atoms with Gasteiger partial charge < -0.3 is 5.11 Å². The molecule has 4 nitrogen and oxygen atoms in total. The van der Waals surface area contributed by atoms with Crippen molar-refractivity contribution in [3.63, 3.8) is 0 Å². The van der Waals surface area contributed by atoms with E-state index in [1.165, 1.54) is 12.8 Å². The first-order valence-corrected chi connectivity index (χ1v) is 6.06. The maximum Gasteiger partial charge on any atom is 0.0764 e. The summed E-state index contributed by atoms with van der Waals surface area (Å²) >= 11 is 0. The molecule has 1 fully saturated rings. The molecule has 0 saturated carbocycles. The zero-order valence-corrected chi connectivity index (χ0v) is 10.1. The number of aromatic nitrogens is 2. The fourth-order valence-corrected chi connectivity index (χ4v) is 2.52. The molecule has 0 spiro atoms. The zero-order valence-electron chi connectivity index (χ0n) is 10.1. The molecular weight excluding hydrogens is 202 g/mol. The second-order valence-electron chi connectivity index (χ2n) is 4.83. The Morgan fingerprint density at radius 3 is 3.06 bits per heavy atom. The van der Waals surface area contributed by atoms with Crippen LogP contribution in [0.1, 0.15) is 31.9 Å². The molecule has 0 amide bonds. The SMILES string of the molecule is CC(O)CC1CCCN1Cc1ccn(C)n1. The Kier molecular flexibility index (Phi) is 3.61. The van der Waals surface area contributed by atoms with E-state index >= 15 is 0 Å². The van der Waals surface area contributed by atoms with Crippen LogP contribution in [-0.2, 0) is 13.6 Å². The highest BCUT2D eigenvalue weighted by Crippen LogP contribution is 2.23. The Bertz CT molecular complexity index is 335. The second-order valence-corrected chi connectivity index (χ2v) is 4.83. The third-order valence-electron chi connectivity index (χ3n) is 3.25. The Hall–Kier alpha value is -0.870. The van der Waals surface area contributed by atoms with E-state index in [4.69, 9.17) is 0 Å². The van der Waals surface area contributed by atoms with Crippen molar-refractivity contribution in [1.29, 1.82) is 0 Å². The molecule has 1 aromatic rings. The van der Waals surface area contributed by atoms with Crippen molar-refractivity contribution in [3.05, 3.63) is 18.0 Å². The van der Waals surface area contributed by atoms with E-state index in [2.05, 4.69) is 16.1 Å². The van der Waals surface area contributed by atoms with Gasteiger partial charge in [0.25, 0.3) is 0 Å². The van der Waals surface area contributed by atoms with E-state index < -0.39 is 0 Å². The van der Waals surface area contributed by atoms with Gasteiger partial charge in [0.05, 0.1) is 11.8 Å². The van der Waals surface area contributed by atoms with Crippen LogP contribution in [0, 0.1) is 0 Å². The molecule has 2 unspecified atom stereocenters. The van der Waals surface area contributed by atoms with Crippen LogP contribution in [0.2, 0.25) is 0 Å². The highest BCUT2D eigenvalue weighted by Gasteiger charge is 2.25. The monoisotopic (exact) mass is 223 g/mol. The molecule has 0 radical (unpaired) electrons. The van der Waals surface area contributed by atoms with Crippen LogP contribution in [0.15, 0.2) is 12.3 Å². The predicted octanol–water partition coefficient (Wildman–Crippen LogP) is 1.16. The summed E-state index contributed by atoms with van der Waals surface area (Å²) in [7, 11) is 1.95. The molecular formula is C12H21N3O. The number of hydrogen-bond donors (Lipinski definition) is 1. The van der Waals surface area contributed by atoms with Gasteiger partial charge in [-0.25, -0.2) is 0 Å². The molecule has 16 heavy (non-hydrogen) atoms. The van der Waals surface area contributed by atoms with Gasteiger partial charge in [-0.05, 0) is 38.8 Å². The van der Waals surface area contributed by atoms with E-state index in [1.807, 2.05) is 24.9 Å². The lowest BCUT2D eigenvalue weighted by atomic mass is 10.1.